The van der Waals surface area contributed by atoms with Crippen LogP contribution in [-0.2, 0) is 11.2 Å². The van der Waals surface area contributed by atoms with Crippen molar-refractivity contribution in [2.45, 2.75) is 38.6 Å². The number of carbonyl (C=O) groups is 1. The second-order valence-corrected chi connectivity index (χ2v) is 4.79. The molecule has 1 aromatic heterocycles. The molecule has 5 nitrogen and oxygen atoms in total. The van der Waals surface area contributed by atoms with E-state index in [9.17, 15) is 4.79 Å². The number of primary amides is 1. The fourth-order valence-corrected chi connectivity index (χ4v) is 2.68. The van der Waals surface area contributed by atoms with E-state index >= 15 is 0 Å². The molecule has 0 saturated carbocycles. The topological polar surface area (TPSA) is 72.1 Å². The summed E-state index contributed by atoms with van der Waals surface area (Å²) in [5, 5.41) is 0.455. The van der Waals surface area contributed by atoms with Gasteiger partial charge in [0.25, 0.3) is 0 Å². The van der Waals surface area contributed by atoms with Crippen LogP contribution in [-0.4, -0.2) is 28.5 Å². The largest absolute Gasteiger partial charge is 0.368 e. The van der Waals surface area contributed by atoms with Gasteiger partial charge in [0, 0.05) is 12.1 Å². The highest BCUT2D eigenvalue weighted by Crippen LogP contribution is 2.29. The predicted molar refractivity (Wildman–Crippen MR) is 70.6 cm³/mol. The molecular weight excluding hydrogens is 252 g/mol. The molecule has 2 heterocycles. The molecular formula is C12H17ClN4O. The number of aromatic nitrogens is 2. The van der Waals surface area contributed by atoms with Gasteiger partial charge in [-0.2, -0.15) is 0 Å². The third-order valence-electron chi connectivity index (χ3n) is 3.33. The van der Waals surface area contributed by atoms with Gasteiger partial charge in [0.05, 0.1) is 0 Å². The van der Waals surface area contributed by atoms with Crippen molar-refractivity contribution < 1.29 is 4.79 Å². The molecule has 0 radical (unpaired) electrons. The Labute approximate surface area is 111 Å². The molecule has 1 aromatic rings. The highest BCUT2D eigenvalue weighted by Gasteiger charge is 2.29. The van der Waals surface area contributed by atoms with Crippen LogP contribution in [0.4, 0.5) is 5.82 Å². The van der Waals surface area contributed by atoms with Gasteiger partial charge in [-0.05, 0) is 25.7 Å². The van der Waals surface area contributed by atoms with E-state index in [-0.39, 0.29) is 11.9 Å². The normalized spacial score (nSPS) is 19.9. The van der Waals surface area contributed by atoms with E-state index in [1.807, 2.05) is 11.8 Å². The fourth-order valence-electron chi connectivity index (χ4n) is 2.41. The quantitative estimate of drug-likeness (QED) is 0.844. The standard InChI is InChI=1S/C12H17ClN4O/c1-2-8-10(13)15-7-16-12(8)17-6-4-3-5-9(17)11(14)18/h7,9H,2-6H2,1H3,(H2,14,18). The van der Waals surface area contributed by atoms with Crippen LogP contribution >= 0.6 is 11.6 Å². The number of halogens is 1. The van der Waals surface area contributed by atoms with Crippen LogP contribution in [0.25, 0.3) is 0 Å². The van der Waals surface area contributed by atoms with E-state index in [2.05, 4.69) is 9.97 Å². The van der Waals surface area contributed by atoms with Gasteiger partial charge in [0.15, 0.2) is 0 Å². The minimum Gasteiger partial charge on any atom is -0.368 e. The number of anilines is 1. The molecule has 2 N–H and O–H groups in total. The zero-order valence-corrected chi connectivity index (χ0v) is 11.2. The molecule has 18 heavy (non-hydrogen) atoms. The van der Waals surface area contributed by atoms with Crippen molar-refractivity contribution in [2.24, 2.45) is 5.73 Å². The maximum Gasteiger partial charge on any atom is 0.240 e. The van der Waals surface area contributed by atoms with Crippen molar-refractivity contribution in [2.75, 3.05) is 11.4 Å². The van der Waals surface area contributed by atoms with Crippen LogP contribution in [0.2, 0.25) is 5.15 Å². The molecule has 98 valence electrons. The molecule has 1 aliphatic heterocycles. The zero-order valence-electron chi connectivity index (χ0n) is 10.4. The maximum absolute atomic E-state index is 11.5. The van der Waals surface area contributed by atoms with Crippen molar-refractivity contribution in [3.63, 3.8) is 0 Å². The molecule has 1 saturated heterocycles. The summed E-state index contributed by atoms with van der Waals surface area (Å²) in [5.74, 6) is 0.451. The van der Waals surface area contributed by atoms with E-state index < -0.39 is 0 Å². The molecule has 0 aliphatic carbocycles. The summed E-state index contributed by atoms with van der Waals surface area (Å²) < 4.78 is 0. The molecule has 2 rings (SSSR count). The summed E-state index contributed by atoms with van der Waals surface area (Å²) in [6.45, 7) is 2.78. The molecule has 6 heteroatoms. The molecule has 1 aliphatic rings. The first-order valence-electron chi connectivity index (χ1n) is 6.20. The average Bonchev–Trinajstić information content (AvgIpc) is 2.38. The number of carbonyl (C=O) groups excluding carboxylic acids is 1. The number of hydrogen-bond acceptors (Lipinski definition) is 4. The Kier molecular flexibility index (Phi) is 4.01. The van der Waals surface area contributed by atoms with E-state index in [1.165, 1.54) is 6.33 Å². The minimum absolute atomic E-state index is 0.282. The summed E-state index contributed by atoms with van der Waals surface area (Å²) >= 11 is 6.08. The summed E-state index contributed by atoms with van der Waals surface area (Å²) in [7, 11) is 0. The predicted octanol–water partition coefficient (Wildman–Crippen LogP) is 1.54. The average molecular weight is 269 g/mol. The Balaban J connectivity index is 2.39. The van der Waals surface area contributed by atoms with Crippen molar-refractivity contribution in [3.05, 3.63) is 17.0 Å². The fraction of sp³-hybridized carbons (Fsp3) is 0.583. The van der Waals surface area contributed by atoms with Gasteiger partial charge in [-0.25, -0.2) is 9.97 Å². The first-order valence-corrected chi connectivity index (χ1v) is 6.58. The lowest BCUT2D eigenvalue weighted by molar-refractivity contribution is -0.119. The number of nitrogens with zero attached hydrogens (tertiary/aromatic N) is 3. The monoisotopic (exact) mass is 268 g/mol. The van der Waals surface area contributed by atoms with Gasteiger partial charge in [-0.1, -0.05) is 18.5 Å². The SMILES string of the molecule is CCc1c(Cl)ncnc1N1CCCCC1C(N)=O. The van der Waals surface area contributed by atoms with E-state index in [0.29, 0.717) is 5.15 Å². The van der Waals surface area contributed by atoms with Crippen molar-refractivity contribution in [1.82, 2.24) is 9.97 Å². The number of piperidine rings is 1. The summed E-state index contributed by atoms with van der Waals surface area (Å²) in [6, 6.07) is -0.282. The van der Waals surface area contributed by atoms with Crippen LogP contribution in [0.15, 0.2) is 6.33 Å². The summed E-state index contributed by atoms with van der Waals surface area (Å²) in [4.78, 5) is 21.8. The number of rotatable bonds is 3. The van der Waals surface area contributed by atoms with Crippen molar-refractivity contribution in [1.29, 1.82) is 0 Å². The minimum atomic E-state index is -0.300. The van der Waals surface area contributed by atoms with E-state index in [0.717, 1.165) is 43.6 Å². The first-order chi connectivity index (χ1) is 8.65. The highest BCUT2D eigenvalue weighted by atomic mass is 35.5. The zero-order chi connectivity index (χ0) is 13.1. The number of nitrogens with two attached hydrogens (primary N) is 1. The van der Waals surface area contributed by atoms with Gasteiger partial charge in [0.2, 0.25) is 5.91 Å². The Morgan fingerprint density at radius 2 is 2.33 bits per heavy atom. The number of hydrogen-bond donors (Lipinski definition) is 1. The molecule has 0 bridgehead atoms. The Bertz CT molecular complexity index is 452. The lowest BCUT2D eigenvalue weighted by Crippen LogP contribution is -2.48. The van der Waals surface area contributed by atoms with Crippen LogP contribution in [0.3, 0.4) is 0 Å². The maximum atomic E-state index is 11.5. The third kappa shape index (κ3) is 2.41. The summed E-state index contributed by atoms with van der Waals surface area (Å²) in [6.07, 6.45) is 5.00. The second kappa shape index (κ2) is 5.52. The van der Waals surface area contributed by atoms with Crippen LogP contribution in [0.1, 0.15) is 31.7 Å². The molecule has 0 aromatic carbocycles. The van der Waals surface area contributed by atoms with Crippen LogP contribution in [0, 0.1) is 0 Å². The molecule has 1 amide bonds. The molecule has 1 fully saturated rings. The van der Waals surface area contributed by atoms with Crippen molar-refractivity contribution in [3.8, 4) is 0 Å². The van der Waals surface area contributed by atoms with Crippen LogP contribution in [0.5, 0.6) is 0 Å². The second-order valence-electron chi connectivity index (χ2n) is 4.43. The Morgan fingerprint density at radius 3 is 3.00 bits per heavy atom. The van der Waals surface area contributed by atoms with Gasteiger partial charge >= 0.3 is 0 Å². The Hall–Kier alpha value is -1.36. The van der Waals surface area contributed by atoms with Gasteiger partial charge in [-0.3, -0.25) is 4.79 Å². The van der Waals surface area contributed by atoms with Crippen molar-refractivity contribution >= 4 is 23.3 Å². The van der Waals surface area contributed by atoms with Crippen LogP contribution < -0.4 is 10.6 Å². The third-order valence-corrected chi connectivity index (χ3v) is 3.65. The van der Waals surface area contributed by atoms with Gasteiger partial charge in [0.1, 0.15) is 23.3 Å². The Morgan fingerprint density at radius 1 is 1.56 bits per heavy atom. The van der Waals surface area contributed by atoms with E-state index in [4.69, 9.17) is 17.3 Å². The highest BCUT2D eigenvalue weighted by molar-refractivity contribution is 6.30. The molecule has 1 atom stereocenters. The molecule has 1 unspecified atom stereocenters. The van der Waals surface area contributed by atoms with Gasteiger partial charge < -0.3 is 10.6 Å². The smallest absolute Gasteiger partial charge is 0.240 e. The van der Waals surface area contributed by atoms with Gasteiger partial charge in [-0.15, -0.1) is 0 Å². The van der Waals surface area contributed by atoms with E-state index in [1.54, 1.807) is 0 Å². The number of amides is 1. The summed E-state index contributed by atoms with van der Waals surface area (Å²) in [5.41, 5.74) is 6.35. The lowest BCUT2D eigenvalue weighted by atomic mass is 10.0. The molecule has 0 spiro atoms. The lowest BCUT2D eigenvalue weighted by Gasteiger charge is -2.35. The first kappa shape index (κ1) is 13.1.